The molecule has 0 aromatic carbocycles. The number of Topliss-reactive ketones (excluding diaryl/α,β-unsaturated/α-hetero) is 1. The van der Waals surface area contributed by atoms with Crippen molar-refractivity contribution in [3.63, 3.8) is 0 Å². The molecule has 3 nitrogen and oxygen atoms in total. The van der Waals surface area contributed by atoms with E-state index in [-0.39, 0.29) is 29.5 Å². The van der Waals surface area contributed by atoms with E-state index in [0.717, 1.165) is 6.42 Å². The molecule has 1 aliphatic carbocycles. The summed E-state index contributed by atoms with van der Waals surface area (Å²) in [6.07, 6.45) is 2.07. The first-order valence-electron chi connectivity index (χ1n) is 5.52. The molecule has 1 fully saturated rings. The summed E-state index contributed by atoms with van der Waals surface area (Å²) in [4.78, 5) is 22.2. The average Bonchev–Trinajstić information content (AvgIpc) is 2.32. The quantitative estimate of drug-likeness (QED) is 0.703. The molecule has 0 aromatic heterocycles. The molecule has 0 heterocycles. The summed E-state index contributed by atoms with van der Waals surface area (Å²) in [5, 5.41) is 10.6. The van der Waals surface area contributed by atoms with Gasteiger partial charge in [0.1, 0.15) is 5.78 Å². The zero-order valence-electron chi connectivity index (χ0n) is 9.71. The van der Waals surface area contributed by atoms with E-state index in [1.807, 2.05) is 0 Å². The molecule has 0 aliphatic heterocycles. The minimum absolute atomic E-state index is 0.00160. The van der Waals surface area contributed by atoms with E-state index in [9.17, 15) is 14.7 Å². The van der Waals surface area contributed by atoms with Gasteiger partial charge in [-0.05, 0) is 30.6 Å². The molecule has 1 aliphatic rings. The third-order valence-corrected chi connectivity index (χ3v) is 3.01. The van der Waals surface area contributed by atoms with Gasteiger partial charge >= 0.3 is 0 Å². The Hall–Kier alpha value is -0.860. The lowest BCUT2D eigenvalue weighted by molar-refractivity contribution is -0.307. The fourth-order valence-electron chi connectivity index (χ4n) is 2.38. The van der Waals surface area contributed by atoms with Crippen molar-refractivity contribution in [3.05, 3.63) is 0 Å². The molecular formula is C12H19O3-. The lowest BCUT2D eigenvalue weighted by Gasteiger charge is -2.26. The van der Waals surface area contributed by atoms with Gasteiger partial charge in [0.15, 0.2) is 0 Å². The molecule has 0 amide bonds. The number of ketones is 1. The van der Waals surface area contributed by atoms with Crippen LogP contribution in [0.15, 0.2) is 0 Å². The van der Waals surface area contributed by atoms with Crippen LogP contribution in [0, 0.1) is 17.3 Å². The van der Waals surface area contributed by atoms with Gasteiger partial charge in [0.05, 0.1) is 0 Å². The van der Waals surface area contributed by atoms with Crippen molar-refractivity contribution in [2.24, 2.45) is 17.3 Å². The van der Waals surface area contributed by atoms with Crippen LogP contribution < -0.4 is 5.11 Å². The average molecular weight is 211 g/mol. The number of carboxylic acids is 1. The maximum atomic E-state index is 11.6. The molecule has 0 aromatic rings. The van der Waals surface area contributed by atoms with Crippen molar-refractivity contribution in [1.29, 1.82) is 0 Å². The Labute approximate surface area is 90.9 Å². The van der Waals surface area contributed by atoms with E-state index in [0.29, 0.717) is 12.8 Å². The Bertz CT molecular complexity index is 263. The van der Waals surface area contributed by atoms with Gasteiger partial charge in [-0.2, -0.15) is 0 Å². The highest BCUT2D eigenvalue weighted by Gasteiger charge is 2.36. The summed E-state index contributed by atoms with van der Waals surface area (Å²) < 4.78 is 0. The van der Waals surface area contributed by atoms with Crippen LogP contribution in [-0.4, -0.2) is 11.8 Å². The number of rotatable bonds is 3. The van der Waals surface area contributed by atoms with Crippen LogP contribution in [0.2, 0.25) is 0 Å². The van der Waals surface area contributed by atoms with Crippen LogP contribution in [0.3, 0.4) is 0 Å². The second kappa shape index (κ2) is 4.33. The summed E-state index contributed by atoms with van der Waals surface area (Å²) in [6, 6.07) is 0. The van der Waals surface area contributed by atoms with Crippen LogP contribution >= 0.6 is 0 Å². The zero-order chi connectivity index (χ0) is 11.6. The Kier molecular flexibility index (Phi) is 3.53. The van der Waals surface area contributed by atoms with Gasteiger partial charge in [-0.15, -0.1) is 0 Å². The van der Waals surface area contributed by atoms with Crippen LogP contribution in [-0.2, 0) is 9.59 Å². The third-order valence-electron chi connectivity index (χ3n) is 3.01. The molecule has 2 unspecified atom stereocenters. The Balaban J connectivity index is 2.64. The predicted molar refractivity (Wildman–Crippen MR) is 54.9 cm³/mol. The molecule has 0 bridgehead atoms. The number of aliphatic carboxylic acids is 1. The molecule has 0 N–H and O–H groups in total. The molecule has 86 valence electrons. The molecular weight excluding hydrogens is 192 g/mol. The van der Waals surface area contributed by atoms with E-state index in [1.165, 1.54) is 0 Å². The summed E-state index contributed by atoms with van der Waals surface area (Å²) >= 11 is 0. The van der Waals surface area contributed by atoms with Crippen molar-refractivity contribution in [2.75, 3.05) is 0 Å². The predicted octanol–water partition coefficient (Wildman–Crippen LogP) is 1.16. The smallest absolute Gasteiger partial charge is 0.136 e. The van der Waals surface area contributed by atoms with Gasteiger partial charge < -0.3 is 9.90 Å². The topological polar surface area (TPSA) is 57.2 Å². The minimum Gasteiger partial charge on any atom is -0.550 e. The van der Waals surface area contributed by atoms with Crippen molar-refractivity contribution in [2.45, 2.75) is 46.5 Å². The van der Waals surface area contributed by atoms with Crippen LogP contribution in [0.5, 0.6) is 0 Å². The Morgan fingerprint density at radius 2 is 2.07 bits per heavy atom. The third kappa shape index (κ3) is 3.65. The fourth-order valence-corrected chi connectivity index (χ4v) is 2.38. The molecule has 0 saturated heterocycles. The van der Waals surface area contributed by atoms with Gasteiger partial charge in [0.2, 0.25) is 0 Å². The number of carboxylic acid groups (broad SMARTS) is 1. The van der Waals surface area contributed by atoms with Gasteiger partial charge in [0.25, 0.3) is 0 Å². The van der Waals surface area contributed by atoms with Crippen LogP contribution in [0.4, 0.5) is 0 Å². The van der Waals surface area contributed by atoms with Gasteiger partial charge in [-0.25, -0.2) is 0 Å². The highest BCUT2D eigenvalue weighted by Crippen LogP contribution is 2.38. The second-order valence-electron chi connectivity index (χ2n) is 5.71. The van der Waals surface area contributed by atoms with Crippen molar-refractivity contribution in [3.8, 4) is 0 Å². The lowest BCUT2D eigenvalue weighted by atomic mass is 9.79. The normalized spacial score (nSPS) is 27.0. The fraction of sp³-hybridized carbons (Fsp3) is 0.833. The molecule has 0 spiro atoms. The van der Waals surface area contributed by atoms with Crippen molar-refractivity contribution < 1.29 is 14.7 Å². The largest absolute Gasteiger partial charge is 0.550 e. The number of carbonyl (C=O) groups excluding carboxylic acids is 2. The molecule has 1 saturated carbocycles. The SMILES string of the molecule is CC(C)(C)CC1C(=O)CCC1CC(=O)[O-]. The first-order valence-corrected chi connectivity index (χ1v) is 5.52. The number of hydrogen-bond donors (Lipinski definition) is 0. The first kappa shape index (κ1) is 12.2. The molecule has 1 rings (SSSR count). The van der Waals surface area contributed by atoms with Gasteiger partial charge in [-0.1, -0.05) is 20.8 Å². The van der Waals surface area contributed by atoms with E-state index in [1.54, 1.807) is 0 Å². The minimum atomic E-state index is -1.03. The highest BCUT2D eigenvalue weighted by molar-refractivity contribution is 5.84. The van der Waals surface area contributed by atoms with Crippen LogP contribution in [0.25, 0.3) is 0 Å². The monoisotopic (exact) mass is 211 g/mol. The van der Waals surface area contributed by atoms with E-state index in [4.69, 9.17) is 0 Å². The summed E-state index contributed by atoms with van der Waals surface area (Å²) in [6.45, 7) is 6.23. The number of carbonyl (C=O) groups is 2. The molecule has 3 heteroatoms. The van der Waals surface area contributed by atoms with E-state index in [2.05, 4.69) is 20.8 Å². The number of hydrogen-bond acceptors (Lipinski definition) is 3. The van der Waals surface area contributed by atoms with E-state index >= 15 is 0 Å². The Morgan fingerprint density at radius 3 is 2.53 bits per heavy atom. The van der Waals surface area contributed by atoms with Crippen molar-refractivity contribution >= 4 is 11.8 Å². The molecule has 2 atom stereocenters. The Morgan fingerprint density at radius 1 is 1.47 bits per heavy atom. The first-order chi connectivity index (χ1) is 6.79. The molecule has 15 heavy (non-hydrogen) atoms. The molecule has 0 radical (unpaired) electrons. The second-order valence-corrected chi connectivity index (χ2v) is 5.71. The summed E-state index contributed by atoms with van der Waals surface area (Å²) in [5.41, 5.74) is 0.0782. The van der Waals surface area contributed by atoms with Gasteiger partial charge in [-0.3, -0.25) is 4.79 Å². The lowest BCUT2D eigenvalue weighted by Crippen LogP contribution is -2.29. The summed E-state index contributed by atoms with van der Waals surface area (Å²) in [5.74, 6) is -0.866. The standard InChI is InChI=1S/C12H20O3/c1-12(2,3)7-9-8(6-11(14)15)4-5-10(9)13/h8-9H,4-7H2,1-3H3,(H,14,15)/p-1. The van der Waals surface area contributed by atoms with Crippen molar-refractivity contribution in [1.82, 2.24) is 0 Å². The maximum absolute atomic E-state index is 11.6. The van der Waals surface area contributed by atoms with E-state index < -0.39 is 5.97 Å². The zero-order valence-corrected chi connectivity index (χ0v) is 9.71. The van der Waals surface area contributed by atoms with Crippen LogP contribution in [0.1, 0.15) is 46.5 Å². The van der Waals surface area contributed by atoms with Gasteiger partial charge in [0, 0.05) is 18.3 Å². The maximum Gasteiger partial charge on any atom is 0.136 e. The summed E-state index contributed by atoms with van der Waals surface area (Å²) in [7, 11) is 0. The highest BCUT2D eigenvalue weighted by atomic mass is 16.4.